The number of carboxylic acids is 1. The van der Waals surface area contributed by atoms with Gasteiger partial charge >= 0.3 is 5.97 Å². The number of ketones is 1. The summed E-state index contributed by atoms with van der Waals surface area (Å²) in [5.41, 5.74) is 1.32. The van der Waals surface area contributed by atoms with Gasteiger partial charge < -0.3 is 10.2 Å². The topological polar surface area (TPSA) is 87.5 Å². The van der Waals surface area contributed by atoms with E-state index in [-0.39, 0.29) is 24.3 Å². The third-order valence-corrected chi connectivity index (χ3v) is 3.13. The molecule has 5 nitrogen and oxygen atoms in total. The average molecular weight is 306 g/mol. The first-order valence-corrected chi connectivity index (χ1v) is 6.55. The molecule has 0 bridgehead atoms. The third kappa shape index (κ3) is 3.79. The molecule has 0 radical (unpaired) electrons. The monoisotopic (exact) mass is 305 g/mol. The van der Waals surface area contributed by atoms with E-state index in [0.29, 0.717) is 10.6 Å². The predicted molar refractivity (Wildman–Crippen MR) is 77.5 cm³/mol. The highest BCUT2D eigenvalue weighted by Gasteiger charge is 2.15. The Labute approximate surface area is 125 Å². The highest BCUT2D eigenvalue weighted by Crippen LogP contribution is 2.26. The number of hydrogen-bond donors (Lipinski definition) is 2. The largest absolute Gasteiger partial charge is 0.506 e. The molecule has 0 aliphatic rings. The first-order chi connectivity index (χ1) is 9.97. The summed E-state index contributed by atoms with van der Waals surface area (Å²) in [6, 6.07) is 8.37. The van der Waals surface area contributed by atoms with Crippen LogP contribution in [-0.2, 0) is 4.79 Å². The summed E-state index contributed by atoms with van der Waals surface area (Å²) in [6.45, 7) is 0. The minimum atomic E-state index is -1.07. The number of aromatic hydroxyl groups is 1. The Morgan fingerprint density at radius 3 is 2.33 bits per heavy atom. The van der Waals surface area contributed by atoms with Gasteiger partial charge in [0.05, 0.1) is 6.42 Å². The van der Waals surface area contributed by atoms with Gasteiger partial charge in [-0.25, -0.2) is 4.98 Å². The highest BCUT2D eigenvalue weighted by molar-refractivity contribution is 6.30. The maximum atomic E-state index is 11.8. The number of halogens is 1. The fraction of sp³-hybridized carbons (Fsp3) is 0.133. The molecule has 2 N–H and O–H groups in total. The molecule has 0 unspecified atom stereocenters. The van der Waals surface area contributed by atoms with Crippen LogP contribution >= 0.6 is 11.6 Å². The lowest BCUT2D eigenvalue weighted by Crippen LogP contribution is -2.06. The lowest BCUT2D eigenvalue weighted by Gasteiger charge is -2.06. The molecule has 1 heterocycles. The standard InChI is InChI=1S/C15H12ClNO4/c16-11-3-1-9(2-4-11)10-7-13(19)15(17-8-10)12(18)5-6-14(20)21/h1-4,7-8,19H,5-6H2,(H,20,21). The van der Waals surface area contributed by atoms with E-state index >= 15 is 0 Å². The van der Waals surface area contributed by atoms with Crippen molar-refractivity contribution < 1.29 is 19.8 Å². The van der Waals surface area contributed by atoms with E-state index in [2.05, 4.69) is 4.98 Å². The SMILES string of the molecule is O=C(O)CCC(=O)c1ncc(-c2ccc(Cl)cc2)cc1O. The zero-order chi connectivity index (χ0) is 15.4. The highest BCUT2D eigenvalue weighted by atomic mass is 35.5. The molecule has 0 fully saturated rings. The molecule has 108 valence electrons. The molecule has 0 atom stereocenters. The number of benzene rings is 1. The number of nitrogens with zero attached hydrogens (tertiary/aromatic N) is 1. The fourth-order valence-corrected chi connectivity index (χ4v) is 1.93. The Balaban J connectivity index is 2.23. The summed E-state index contributed by atoms with van der Waals surface area (Å²) in [6.07, 6.45) is 0.964. The smallest absolute Gasteiger partial charge is 0.303 e. The number of hydrogen-bond acceptors (Lipinski definition) is 4. The van der Waals surface area contributed by atoms with Gasteiger partial charge in [-0.3, -0.25) is 9.59 Å². The number of carbonyl (C=O) groups is 2. The zero-order valence-electron chi connectivity index (χ0n) is 10.9. The van der Waals surface area contributed by atoms with Crippen molar-refractivity contribution in [3.8, 4) is 16.9 Å². The lowest BCUT2D eigenvalue weighted by atomic mass is 10.1. The van der Waals surface area contributed by atoms with Crippen LogP contribution in [0.5, 0.6) is 5.75 Å². The zero-order valence-corrected chi connectivity index (χ0v) is 11.7. The van der Waals surface area contributed by atoms with Crippen LogP contribution < -0.4 is 0 Å². The van der Waals surface area contributed by atoms with Gasteiger partial charge in [-0.15, -0.1) is 0 Å². The minimum absolute atomic E-state index is 0.117. The molecule has 1 aromatic heterocycles. The molecule has 21 heavy (non-hydrogen) atoms. The van der Waals surface area contributed by atoms with Crippen molar-refractivity contribution in [1.29, 1.82) is 0 Å². The molecular formula is C15H12ClNO4. The third-order valence-electron chi connectivity index (χ3n) is 2.88. The molecule has 0 aliphatic heterocycles. The number of aromatic nitrogens is 1. The molecule has 0 spiro atoms. The van der Waals surface area contributed by atoms with Crippen LogP contribution in [0.15, 0.2) is 36.5 Å². The van der Waals surface area contributed by atoms with E-state index in [4.69, 9.17) is 16.7 Å². The molecule has 1 aromatic carbocycles. The van der Waals surface area contributed by atoms with Crippen molar-refractivity contribution >= 4 is 23.4 Å². The molecule has 6 heteroatoms. The summed E-state index contributed by atoms with van der Waals surface area (Å²) in [5, 5.41) is 19.0. The van der Waals surface area contributed by atoms with Crippen molar-refractivity contribution in [1.82, 2.24) is 4.98 Å². The number of Topliss-reactive ketones (excluding diaryl/α,β-unsaturated/α-hetero) is 1. The molecule has 0 saturated heterocycles. The van der Waals surface area contributed by atoms with Gasteiger partial charge in [-0.2, -0.15) is 0 Å². The second-order valence-corrected chi connectivity index (χ2v) is 4.85. The quantitative estimate of drug-likeness (QED) is 0.828. The summed E-state index contributed by atoms with van der Waals surface area (Å²) in [5.74, 6) is -1.84. The number of pyridine rings is 1. The predicted octanol–water partition coefficient (Wildman–Crippen LogP) is 3.16. The van der Waals surface area contributed by atoms with E-state index in [9.17, 15) is 14.7 Å². The Kier molecular flexibility index (Phi) is 4.55. The van der Waals surface area contributed by atoms with Crippen LogP contribution in [0, 0.1) is 0 Å². The van der Waals surface area contributed by atoms with Crippen molar-refractivity contribution in [2.24, 2.45) is 0 Å². The molecule has 2 aromatic rings. The number of rotatable bonds is 5. The first-order valence-electron chi connectivity index (χ1n) is 6.17. The molecular weight excluding hydrogens is 294 g/mol. The van der Waals surface area contributed by atoms with Crippen molar-refractivity contribution in [2.75, 3.05) is 0 Å². The second kappa shape index (κ2) is 6.37. The van der Waals surface area contributed by atoms with E-state index in [0.717, 1.165) is 5.56 Å². The molecule has 0 amide bonds. The Morgan fingerprint density at radius 2 is 1.76 bits per heavy atom. The number of carboxylic acid groups (broad SMARTS) is 1. The maximum Gasteiger partial charge on any atom is 0.303 e. The Hall–Kier alpha value is -2.40. The van der Waals surface area contributed by atoms with E-state index in [1.54, 1.807) is 24.3 Å². The van der Waals surface area contributed by atoms with Gasteiger partial charge in [0.2, 0.25) is 0 Å². The number of carbonyl (C=O) groups excluding carboxylic acids is 1. The van der Waals surface area contributed by atoms with Gasteiger partial charge in [0.25, 0.3) is 0 Å². The Morgan fingerprint density at radius 1 is 1.10 bits per heavy atom. The summed E-state index contributed by atoms with van der Waals surface area (Å²) >= 11 is 5.80. The van der Waals surface area contributed by atoms with Crippen LogP contribution in [0.4, 0.5) is 0 Å². The Bertz CT molecular complexity index is 683. The van der Waals surface area contributed by atoms with Gasteiger partial charge in [0, 0.05) is 23.2 Å². The van der Waals surface area contributed by atoms with Crippen LogP contribution in [0.2, 0.25) is 5.02 Å². The van der Waals surface area contributed by atoms with Gasteiger partial charge in [-0.1, -0.05) is 23.7 Å². The van der Waals surface area contributed by atoms with Crippen molar-refractivity contribution in [2.45, 2.75) is 12.8 Å². The van der Waals surface area contributed by atoms with Gasteiger partial charge in [0.15, 0.2) is 5.78 Å². The van der Waals surface area contributed by atoms with Gasteiger partial charge in [0.1, 0.15) is 11.4 Å². The van der Waals surface area contributed by atoms with Crippen LogP contribution in [0.1, 0.15) is 23.3 Å². The normalized spacial score (nSPS) is 10.3. The fourth-order valence-electron chi connectivity index (χ4n) is 1.81. The van der Waals surface area contributed by atoms with Crippen LogP contribution in [0.3, 0.4) is 0 Å². The minimum Gasteiger partial charge on any atom is -0.506 e. The van der Waals surface area contributed by atoms with Crippen molar-refractivity contribution in [3.05, 3.63) is 47.2 Å². The summed E-state index contributed by atoms with van der Waals surface area (Å²) < 4.78 is 0. The molecule has 0 saturated carbocycles. The van der Waals surface area contributed by atoms with E-state index < -0.39 is 11.8 Å². The average Bonchev–Trinajstić information content (AvgIpc) is 2.45. The van der Waals surface area contributed by atoms with E-state index in [1.165, 1.54) is 12.3 Å². The van der Waals surface area contributed by atoms with E-state index in [1.807, 2.05) is 0 Å². The number of aliphatic carboxylic acids is 1. The van der Waals surface area contributed by atoms with Crippen LogP contribution in [-0.4, -0.2) is 26.9 Å². The van der Waals surface area contributed by atoms with Gasteiger partial charge in [-0.05, 0) is 23.8 Å². The first kappa shape index (κ1) is 15.0. The van der Waals surface area contributed by atoms with Crippen LogP contribution in [0.25, 0.3) is 11.1 Å². The summed E-state index contributed by atoms with van der Waals surface area (Å²) in [4.78, 5) is 26.1. The van der Waals surface area contributed by atoms with Crippen molar-refractivity contribution in [3.63, 3.8) is 0 Å². The maximum absolute atomic E-state index is 11.8. The molecule has 2 rings (SSSR count). The molecule has 0 aliphatic carbocycles. The second-order valence-electron chi connectivity index (χ2n) is 4.42. The lowest BCUT2D eigenvalue weighted by molar-refractivity contribution is -0.136. The summed E-state index contributed by atoms with van der Waals surface area (Å²) in [7, 11) is 0.